The summed E-state index contributed by atoms with van der Waals surface area (Å²) in [5.74, 6) is -1.24. The van der Waals surface area contributed by atoms with Crippen molar-refractivity contribution in [1.82, 2.24) is 20.1 Å². The van der Waals surface area contributed by atoms with E-state index in [2.05, 4.69) is 11.4 Å². The standard InChI is InChI=1S/C38H36FN5O6/c1-47-28-10-5-24(6-11-28)21-44-22-30-33(26-13-15-38(16-14-26)49-17-18-50-38)42-34(32(36(40)45)35(30)43-44)25-7-3-23(4-8-25)20-41-37(46)29-19-27(39)9-12-31(29)48-2/h3-13,19,22H,14-18,20-21H2,1-2H3,(H2,40,45)(H,41,46). The lowest BCUT2D eigenvalue weighted by molar-refractivity contribution is -0.159. The van der Waals surface area contributed by atoms with Crippen molar-refractivity contribution in [2.75, 3.05) is 27.4 Å². The number of carbonyl (C=O) groups excluding carboxylic acids is 2. The Morgan fingerprint density at radius 1 is 0.980 bits per heavy atom. The number of primary amides is 1. The van der Waals surface area contributed by atoms with Crippen LogP contribution in [0.1, 0.15) is 56.8 Å². The SMILES string of the molecule is COc1ccc(Cn2cc3c(C4=CCC5(CC4)OCCO5)nc(-c4ccc(CNC(=O)c5cc(F)ccc5OC)cc4)c(C(N)=O)c3n2)cc1. The topological polar surface area (TPSA) is 140 Å². The number of ether oxygens (including phenoxy) is 4. The van der Waals surface area contributed by atoms with Gasteiger partial charge in [0.15, 0.2) is 5.79 Å². The van der Waals surface area contributed by atoms with Crippen LogP contribution in [-0.2, 0) is 22.6 Å². The molecule has 0 bridgehead atoms. The van der Waals surface area contributed by atoms with Gasteiger partial charge in [0.1, 0.15) is 22.8 Å². The number of rotatable bonds is 10. The highest BCUT2D eigenvalue weighted by Crippen LogP contribution is 2.41. The molecule has 3 aromatic carbocycles. The molecule has 12 heteroatoms. The van der Waals surface area contributed by atoms with E-state index in [1.165, 1.54) is 19.2 Å². The van der Waals surface area contributed by atoms with E-state index in [1.54, 1.807) is 11.8 Å². The average Bonchev–Trinajstić information content (AvgIpc) is 3.77. The van der Waals surface area contributed by atoms with E-state index in [1.807, 2.05) is 54.7 Å². The zero-order chi connectivity index (χ0) is 34.8. The van der Waals surface area contributed by atoms with Crippen molar-refractivity contribution in [2.45, 2.75) is 38.1 Å². The molecule has 1 fully saturated rings. The summed E-state index contributed by atoms with van der Waals surface area (Å²) < 4.78 is 38.1. The normalized spacial score (nSPS) is 15.2. The van der Waals surface area contributed by atoms with Crippen molar-refractivity contribution in [1.29, 1.82) is 0 Å². The molecule has 1 spiro atoms. The third-order valence-corrected chi connectivity index (χ3v) is 9.10. The van der Waals surface area contributed by atoms with E-state index in [-0.39, 0.29) is 23.4 Å². The number of nitrogens with one attached hydrogen (secondary N) is 1. The average molecular weight is 678 g/mol. The van der Waals surface area contributed by atoms with Gasteiger partial charge in [-0.25, -0.2) is 9.37 Å². The molecule has 0 radical (unpaired) electrons. The Bertz CT molecular complexity index is 2100. The highest BCUT2D eigenvalue weighted by molar-refractivity contribution is 6.11. The van der Waals surface area contributed by atoms with Crippen LogP contribution < -0.4 is 20.5 Å². The molecular weight excluding hydrogens is 641 g/mol. The first-order chi connectivity index (χ1) is 24.3. The molecule has 11 nitrogen and oxygen atoms in total. The molecule has 3 N–H and O–H groups in total. The largest absolute Gasteiger partial charge is 0.497 e. The van der Waals surface area contributed by atoms with Crippen molar-refractivity contribution < 1.29 is 32.9 Å². The van der Waals surface area contributed by atoms with E-state index >= 15 is 0 Å². The Labute approximate surface area is 287 Å². The summed E-state index contributed by atoms with van der Waals surface area (Å²) >= 11 is 0. The lowest BCUT2D eigenvalue weighted by Gasteiger charge is -2.30. The number of allylic oxidation sites excluding steroid dienone is 1. The fourth-order valence-electron chi connectivity index (χ4n) is 6.50. The summed E-state index contributed by atoms with van der Waals surface area (Å²) in [5.41, 5.74) is 11.4. The number of amides is 2. The zero-order valence-electron chi connectivity index (χ0n) is 27.7. The Morgan fingerprint density at radius 3 is 2.38 bits per heavy atom. The third-order valence-electron chi connectivity index (χ3n) is 9.10. The first-order valence-corrected chi connectivity index (χ1v) is 16.3. The van der Waals surface area contributed by atoms with Gasteiger partial charge in [0.25, 0.3) is 11.8 Å². The summed E-state index contributed by atoms with van der Waals surface area (Å²) in [6.45, 7) is 1.77. The highest BCUT2D eigenvalue weighted by Gasteiger charge is 2.38. The molecule has 3 heterocycles. The molecule has 2 amide bonds. The van der Waals surface area contributed by atoms with Crippen molar-refractivity contribution in [2.24, 2.45) is 5.73 Å². The molecular formula is C38H36FN5O6. The van der Waals surface area contributed by atoms with Crippen LogP contribution in [0, 0.1) is 5.82 Å². The number of aromatic nitrogens is 3. The molecule has 0 saturated carbocycles. The van der Waals surface area contributed by atoms with Gasteiger partial charge in [-0.1, -0.05) is 42.5 Å². The summed E-state index contributed by atoms with van der Waals surface area (Å²) in [6, 6.07) is 18.8. The highest BCUT2D eigenvalue weighted by atomic mass is 19.1. The lowest BCUT2D eigenvalue weighted by atomic mass is 9.90. The molecule has 50 heavy (non-hydrogen) atoms. The van der Waals surface area contributed by atoms with Gasteiger partial charge in [-0.05, 0) is 53.5 Å². The molecule has 2 aromatic heterocycles. The molecule has 5 aromatic rings. The number of carbonyl (C=O) groups is 2. The molecule has 0 unspecified atom stereocenters. The first-order valence-electron chi connectivity index (χ1n) is 16.3. The minimum absolute atomic E-state index is 0.0978. The minimum atomic E-state index is -0.650. The van der Waals surface area contributed by atoms with Crippen LogP contribution in [0.4, 0.5) is 4.39 Å². The van der Waals surface area contributed by atoms with Crippen molar-refractivity contribution in [3.63, 3.8) is 0 Å². The lowest BCUT2D eigenvalue weighted by Crippen LogP contribution is -2.31. The number of pyridine rings is 1. The maximum Gasteiger partial charge on any atom is 0.255 e. The molecule has 0 atom stereocenters. The van der Waals surface area contributed by atoms with Crippen LogP contribution in [0.2, 0.25) is 0 Å². The van der Waals surface area contributed by atoms with E-state index in [9.17, 15) is 14.0 Å². The predicted octanol–water partition coefficient (Wildman–Crippen LogP) is 5.64. The van der Waals surface area contributed by atoms with Gasteiger partial charge >= 0.3 is 0 Å². The number of methoxy groups -OCH3 is 2. The van der Waals surface area contributed by atoms with Crippen LogP contribution in [0.3, 0.4) is 0 Å². The van der Waals surface area contributed by atoms with Gasteiger partial charge in [-0.2, -0.15) is 5.10 Å². The molecule has 1 aliphatic heterocycles. The van der Waals surface area contributed by atoms with Gasteiger partial charge in [0.2, 0.25) is 0 Å². The number of hydrogen-bond donors (Lipinski definition) is 2. The second-order valence-electron chi connectivity index (χ2n) is 12.3. The summed E-state index contributed by atoms with van der Waals surface area (Å²) in [4.78, 5) is 31.1. The van der Waals surface area contributed by atoms with Crippen LogP contribution in [0.25, 0.3) is 27.7 Å². The van der Waals surface area contributed by atoms with Crippen molar-refractivity contribution in [3.8, 4) is 22.8 Å². The van der Waals surface area contributed by atoms with E-state index < -0.39 is 23.4 Å². The molecule has 256 valence electrons. The minimum Gasteiger partial charge on any atom is -0.497 e. The predicted molar refractivity (Wildman–Crippen MR) is 184 cm³/mol. The van der Waals surface area contributed by atoms with Crippen LogP contribution >= 0.6 is 0 Å². The van der Waals surface area contributed by atoms with Gasteiger partial charge in [-0.15, -0.1) is 0 Å². The van der Waals surface area contributed by atoms with Gasteiger partial charge < -0.3 is 30.0 Å². The van der Waals surface area contributed by atoms with Crippen molar-refractivity contribution >= 4 is 28.3 Å². The molecule has 2 aliphatic rings. The summed E-state index contributed by atoms with van der Waals surface area (Å²) in [6.07, 6.45) is 5.93. The Morgan fingerprint density at radius 2 is 1.72 bits per heavy atom. The molecule has 1 aliphatic carbocycles. The van der Waals surface area contributed by atoms with E-state index in [0.29, 0.717) is 61.5 Å². The van der Waals surface area contributed by atoms with E-state index in [4.69, 9.17) is 34.8 Å². The van der Waals surface area contributed by atoms with Crippen LogP contribution in [-0.4, -0.2) is 59.8 Å². The van der Waals surface area contributed by atoms with Crippen LogP contribution in [0.15, 0.2) is 79.0 Å². The Kier molecular flexibility index (Phi) is 9.04. The fourth-order valence-corrected chi connectivity index (χ4v) is 6.50. The van der Waals surface area contributed by atoms with Crippen molar-refractivity contribution in [3.05, 3.63) is 113 Å². The third kappa shape index (κ3) is 6.55. The Hall–Kier alpha value is -5.59. The number of nitrogens with zero attached hydrogens (tertiary/aromatic N) is 3. The smallest absolute Gasteiger partial charge is 0.255 e. The quantitative estimate of drug-likeness (QED) is 0.194. The number of benzene rings is 3. The summed E-state index contributed by atoms with van der Waals surface area (Å²) in [5, 5.41) is 8.41. The zero-order valence-corrected chi connectivity index (χ0v) is 27.7. The monoisotopic (exact) mass is 677 g/mol. The summed E-state index contributed by atoms with van der Waals surface area (Å²) in [7, 11) is 3.04. The number of halogens is 1. The fraction of sp³-hybridized carbons (Fsp3) is 0.263. The number of fused-ring (bicyclic) bond motifs is 1. The maximum atomic E-state index is 13.8. The molecule has 7 rings (SSSR count). The van der Waals surface area contributed by atoms with Gasteiger partial charge in [-0.3, -0.25) is 14.3 Å². The van der Waals surface area contributed by atoms with Crippen LogP contribution in [0.5, 0.6) is 11.5 Å². The Balaban J connectivity index is 1.24. The number of hydrogen-bond acceptors (Lipinski definition) is 8. The maximum absolute atomic E-state index is 13.8. The second-order valence-corrected chi connectivity index (χ2v) is 12.3. The van der Waals surface area contributed by atoms with E-state index in [0.717, 1.165) is 33.9 Å². The molecule has 1 saturated heterocycles. The second kappa shape index (κ2) is 13.7. The van der Waals surface area contributed by atoms with Gasteiger partial charge in [0.05, 0.1) is 56.5 Å². The van der Waals surface area contributed by atoms with Gasteiger partial charge in [0, 0.05) is 36.5 Å². The first kappa shape index (κ1) is 32.9. The number of nitrogens with two attached hydrogens (primary N) is 1.